The maximum absolute atomic E-state index is 5.55. The molecule has 2 rings (SSSR count). The highest BCUT2D eigenvalue weighted by atomic mass is 16.5. The Morgan fingerprint density at radius 3 is 3.00 bits per heavy atom. The molecule has 0 aliphatic carbocycles. The molecule has 1 aromatic rings. The summed E-state index contributed by atoms with van der Waals surface area (Å²) in [7, 11) is 4.15. The summed E-state index contributed by atoms with van der Waals surface area (Å²) in [6.07, 6.45) is 0. The van der Waals surface area contributed by atoms with Crippen molar-refractivity contribution in [3.05, 3.63) is 23.8 Å². The van der Waals surface area contributed by atoms with E-state index >= 15 is 0 Å². The Morgan fingerprint density at radius 2 is 2.31 bits per heavy atom. The lowest BCUT2D eigenvalue weighted by Gasteiger charge is -2.12. The van der Waals surface area contributed by atoms with Gasteiger partial charge in [0.2, 0.25) is 0 Å². The van der Waals surface area contributed by atoms with E-state index in [0.29, 0.717) is 5.92 Å². The third kappa shape index (κ3) is 2.00. The zero-order valence-corrected chi connectivity index (χ0v) is 10.3. The highest BCUT2D eigenvalue weighted by Crippen LogP contribution is 2.37. The van der Waals surface area contributed by atoms with Crippen LogP contribution in [0.4, 0.5) is 5.69 Å². The van der Waals surface area contributed by atoms with Gasteiger partial charge in [-0.25, -0.2) is 0 Å². The fourth-order valence-electron chi connectivity index (χ4n) is 2.41. The number of hydrogen-bond acceptors (Lipinski definition) is 3. The molecule has 1 aromatic carbocycles. The minimum Gasteiger partial charge on any atom is -0.494 e. The van der Waals surface area contributed by atoms with E-state index in [4.69, 9.17) is 4.74 Å². The number of anilines is 1. The molecule has 0 fully saturated rings. The van der Waals surface area contributed by atoms with E-state index < -0.39 is 0 Å². The molecule has 1 N–H and O–H groups in total. The van der Waals surface area contributed by atoms with Gasteiger partial charge < -0.3 is 15.0 Å². The number of nitrogens with zero attached hydrogens (tertiary/aromatic N) is 1. The zero-order chi connectivity index (χ0) is 11.5. The van der Waals surface area contributed by atoms with Crippen LogP contribution in [-0.4, -0.2) is 33.8 Å². The molecule has 0 spiro atoms. The number of likely N-dealkylation sites (N-methyl/N-ethyl adjacent to an activating group) is 2. The van der Waals surface area contributed by atoms with Gasteiger partial charge in [-0.1, -0.05) is 0 Å². The standard InChI is InChI=1S/C13H20N2O/c1-4-16-11-5-6-13-12(7-11)10(8-14-2)9-15(13)3/h5-7,10,14H,4,8-9H2,1-3H3. The van der Waals surface area contributed by atoms with Crippen LogP contribution >= 0.6 is 0 Å². The molecule has 1 unspecified atom stereocenters. The van der Waals surface area contributed by atoms with Crippen LogP contribution in [-0.2, 0) is 0 Å². The van der Waals surface area contributed by atoms with Crippen LogP contribution in [0.5, 0.6) is 5.75 Å². The number of fused-ring (bicyclic) bond motifs is 1. The Kier molecular flexibility index (Phi) is 3.34. The highest BCUT2D eigenvalue weighted by molar-refractivity contribution is 5.62. The summed E-state index contributed by atoms with van der Waals surface area (Å²) in [5.41, 5.74) is 2.74. The van der Waals surface area contributed by atoms with Crippen molar-refractivity contribution in [3.8, 4) is 5.75 Å². The van der Waals surface area contributed by atoms with Crippen molar-refractivity contribution in [2.75, 3.05) is 38.7 Å². The Balaban J connectivity index is 2.28. The maximum Gasteiger partial charge on any atom is 0.119 e. The largest absolute Gasteiger partial charge is 0.494 e. The molecule has 0 aromatic heterocycles. The second-order valence-corrected chi connectivity index (χ2v) is 4.29. The summed E-state index contributed by atoms with van der Waals surface area (Å²) in [6.45, 7) is 4.86. The third-order valence-corrected chi connectivity index (χ3v) is 3.11. The summed E-state index contributed by atoms with van der Waals surface area (Å²) in [6, 6.07) is 6.40. The highest BCUT2D eigenvalue weighted by Gasteiger charge is 2.26. The predicted molar refractivity (Wildman–Crippen MR) is 67.5 cm³/mol. The molecule has 0 saturated heterocycles. The fourth-order valence-corrected chi connectivity index (χ4v) is 2.41. The van der Waals surface area contributed by atoms with Gasteiger partial charge in [0, 0.05) is 31.7 Å². The van der Waals surface area contributed by atoms with Gasteiger partial charge in [0.1, 0.15) is 5.75 Å². The molecule has 16 heavy (non-hydrogen) atoms. The number of hydrogen-bond donors (Lipinski definition) is 1. The molecule has 1 aliphatic rings. The van der Waals surface area contributed by atoms with Crippen LogP contribution in [0.1, 0.15) is 18.4 Å². The Morgan fingerprint density at radius 1 is 1.50 bits per heavy atom. The smallest absolute Gasteiger partial charge is 0.119 e. The molecular formula is C13H20N2O. The van der Waals surface area contributed by atoms with Crippen molar-refractivity contribution < 1.29 is 4.74 Å². The van der Waals surface area contributed by atoms with E-state index in [-0.39, 0.29) is 0 Å². The Labute approximate surface area is 97.4 Å². The second-order valence-electron chi connectivity index (χ2n) is 4.29. The lowest BCUT2D eigenvalue weighted by atomic mass is 10.0. The van der Waals surface area contributed by atoms with E-state index in [9.17, 15) is 0 Å². The summed E-state index contributed by atoms with van der Waals surface area (Å²) in [4.78, 5) is 2.31. The minimum absolute atomic E-state index is 0.574. The van der Waals surface area contributed by atoms with Crippen LogP contribution in [0, 0.1) is 0 Å². The van der Waals surface area contributed by atoms with Gasteiger partial charge in [-0.05, 0) is 37.7 Å². The molecule has 1 heterocycles. The summed E-state index contributed by atoms with van der Waals surface area (Å²) in [5.74, 6) is 1.56. The summed E-state index contributed by atoms with van der Waals surface area (Å²) in [5, 5.41) is 3.26. The summed E-state index contributed by atoms with van der Waals surface area (Å²) >= 11 is 0. The van der Waals surface area contributed by atoms with E-state index in [2.05, 4.69) is 35.5 Å². The number of rotatable bonds is 4. The average Bonchev–Trinajstić information content (AvgIpc) is 2.57. The monoisotopic (exact) mass is 220 g/mol. The molecule has 0 saturated carbocycles. The SMILES string of the molecule is CCOc1ccc2c(c1)C(CNC)CN2C. The van der Waals surface area contributed by atoms with Crippen molar-refractivity contribution in [1.29, 1.82) is 0 Å². The van der Waals surface area contributed by atoms with Crippen molar-refractivity contribution >= 4 is 5.69 Å². The lowest BCUT2D eigenvalue weighted by molar-refractivity contribution is 0.340. The van der Waals surface area contributed by atoms with E-state index in [1.807, 2.05) is 14.0 Å². The quantitative estimate of drug-likeness (QED) is 0.838. The molecule has 3 nitrogen and oxygen atoms in total. The number of nitrogens with one attached hydrogen (secondary N) is 1. The maximum atomic E-state index is 5.55. The lowest BCUT2D eigenvalue weighted by Crippen LogP contribution is -2.22. The van der Waals surface area contributed by atoms with E-state index in [0.717, 1.165) is 25.4 Å². The third-order valence-electron chi connectivity index (χ3n) is 3.11. The van der Waals surface area contributed by atoms with Gasteiger partial charge >= 0.3 is 0 Å². The molecule has 1 aliphatic heterocycles. The first-order valence-corrected chi connectivity index (χ1v) is 5.88. The molecule has 1 atom stereocenters. The molecule has 0 bridgehead atoms. The number of ether oxygens (including phenoxy) is 1. The Bertz CT molecular complexity index is 365. The zero-order valence-electron chi connectivity index (χ0n) is 10.3. The average molecular weight is 220 g/mol. The first-order valence-electron chi connectivity index (χ1n) is 5.88. The minimum atomic E-state index is 0.574. The van der Waals surface area contributed by atoms with Crippen LogP contribution in [0.3, 0.4) is 0 Å². The second kappa shape index (κ2) is 4.74. The van der Waals surface area contributed by atoms with Gasteiger partial charge in [-0.3, -0.25) is 0 Å². The van der Waals surface area contributed by atoms with E-state index in [1.54, 1.807) is 0 Å². The normalized spacial score (nSPS) is 18.7. The van der Waals surface area contributed by atoms with Gasteiger partial charge in [0.05, 0.1) is 6.61 Å². The first kappa shape index (κ1) is 11.3. The van der Waals surface area contributed by atoms with Crippen molar-refractivity contribution in [1.82, 2.24) is 5.32 Å². The molecule has 0 radical (unpaired) electrons. The summed E-state index contributed by atoms with van der Waals surface area (Å²) < 4.78 is 5.55. The van der Waals surface area contributed by atoms with Crippen LogP contribution in [0.15, 0.2) is 18.2 Å². The van der Waals surface area contributed by atoms with Gasteiger partial charge in [-0.15, -0.1) is 0 Å². The van der Waals surface area contributed by atoms with Crippen molar-refractivity contribution in [2.45, 2.75) is 12.8 Å². The van der Waals surface area contributed by atoms with Crippen LogP contribution in [0.25, 0.3) is 0 Å². The van der Waals surface area contributed by atoms with Gasteiger partial charge in [0.25, 0.3) is 0 Å². The van der Waals surface area contributed by atoms with Gasteiger partial charge in [-0.2, -0.15) is 0 Å². The Hall–Kier alpha value is -1.22. The molecular weight excluding hydrogens is 200 g/mol. The van der Waals surface area contributed by atoms with E-state index in [1.165, 1.54) is 11.3 Å². The topological polar surface area (TPSA) is 24.5 Å². The predicted octanol–water partition coefficient (Wildman–Crippen LogP) is 1.84. The first-order chi connectivity index (χ1) is 7.76. The molecule has 3 heteroatoms. The fraction of sp³-hybridized carbons (Fsp3) is 0.538. The molecule has 88 valence electrons. The van der Waals surface area contributed by atoms with Crippen LogP contribution in [0.2, 0.25) is 0 Å². The van der Waals surface area contributed by atoms with Gasteiger partial charge in [0.15, 0.2) is 0 Å². The van der Waals surface area contributed by atoms with Crippen molar-refractivity contribution in [2.24, 2.45) is 0 Å². The van der Waals surface area contributed by atoms with Crippen molar-refractivity contribution in [3.63, 3.8) is 0 Å². The molecule has 0 amide bonds. The number of benzene rings is 1. The van der Waals surface area contributed by atoms with Crippen LogP contribution < -0.4 is 15.0 Å².